The van der Waals surface area contributed by atoms with Gasteiger partial charge in [-0.2, -0.15) is 45.3 Å². The molecule has 0 radical (unpaired) electrons. The van der Waals surface area contributed by atoms with Crippen LogP contribution in [0.2, 0.25) is 5.02 Å². The number of benzene rings is 2. The number of esters is 1. The van der Waals surface area contributed by atoms with Crippen LogP contribution >= 0.6 is 11.6 Å². The minimum atomic E-state index is -5.14. The molecule has 2 aliphatic rings. The monoisotopic (exact) mass is 949 g/mol. The molecular weight excluding hydrogens is 912 g/mol. The molecule has 4 atom stereocenters. The van der Waals surface area contributed by atoms with E-state index in [0.717, 1.165) is 22.7 Å². The number of fused-ring (bicyclic) bond motifs is 4. The number of anilines is 1. The molecule has 0 aliphatic heterocycles. The zero-order valence-corrected chi connectivity index (χ0v) is 36.0. The van der Waals surface area contributed by atoms with Crippen molar-refractivity contribution in [1.29, 1.82) is 0 Å². The van der Waals surface area contributed by atoms with Crippen LogP contribution < -0.4 is 9.62 Å². The van der Waals surface area contributed by atoms with Gasteiger partial charge >= 0.3 is 18.3 Å². The summed E-state index contributed by atoms with van der Waals surface area (Å²) in [6.45, 7) is 2.50. The predicted octanol–water partition coefficient (Wildman–Crippen LogP) is 9.46. The standard InChI is InChI=1S/C41H38ClF10N7O4S/c1-19-6-7-23(24-9-11-27(42)31-33(24)58(17-39(45,46)47)56-36(31)59(64(5)62)18-63-37(61)38(2,3)4)32(53-19)28(14-20-12-21(43)15-22(44)13-20)54-29(60)16-57-35-30(34(55-57)41(50,51)52)25-8-10-26(25)40(35,48)49/h6-7,9,11-13,15,25-26,28H,8,10,14,16-18H2,1-5H3,(H,54,60)/t25-,26+,28-,64?/m0/s1. The summed E-state index contributed by atoms with van der Waals surface area (Å²) in [5, 5.41) is 9.77. The summed E-state index contributed by atoms with van der Waals surface area (Å²) >= 11 is 6.67. The van der Waals surface area contributed by atoms with Crippen molar-refractivity contribution in [3.8, 4) is 11.1 Å². The van der Waals surface area contributed by atoms with E-state index >= 15 is 8.78 Å². The molecule has 64 heavy (non-hydrogen) atoms. The van der Waals surface area contributed by atoms with Gasteiger partial charge in [0.2, 0.25) is 5.91 Å². The number of rotatable bonds is 12. The maximum absolute atomic E-state index is 15.7. The van der Waals surface area contributed by atoms with Crippen molar-refractivity contribution >= 4 is 51.2 Å². The first kappa shape index (κ1) is 46.7. The molecule has 2 aliphatic carbocycles. The maximum Gasteiger partial charge on any atom is 0.435 e. The number of aromatic nitrogens is 5. The molecule has 5 aromatic rings. The second-order valence-electron chi connectivity index (χ2n) is 16.7. The SMILES string of the molecule is Cc1ccc(-c2ccc(Cl)c3c(N(COC(=O)C(C)(C)C)S(C)=O)nn(CC(F)(F)F)c23)c([C@H](Cc2cc(F)cc(F)c2)NC(=O)Cn2nc(C(F)(F)F)c3c2C(F)(F)[C@@H]2CC[C@H]32)n1. The van der Waals surface area contributed by atoms with Crippen LogP contribution in [0, 0.1) is 29.9 Å². The maximum atomic E-state index is 15.7. The number of aryl methyl sites for hydroxylation is 1. The van der Waals surface area contributed by atoms with E-state index in [1.165, 1.54) is 31.2 Å². The number of carbonyl (C=O) groups excluding carboxylic acids is 2. The third-order valence-corrected chi connectivity index (χ3v) is 12.2. The first-order valence-corrected chi connectivity index (χ1v) is 21.4. The highest BCUT2D eigenvalue weighted by molar-refractivity contribution is 7.85. The van der Waals surface area contributed by atoms with Gasteiger partial charge in [-0.05, 0) is 82.7 Å². The van der Waals surface area contributed by atoms with E-state index in [4.69, 9.17) is 16.3 Å². The molecule has 344 valence electrons. The van der Waals surface area contributed by atoms with E-state index in [2.05, 4.69) is 20.5 Å². The van der Waals surface area contributed by atoms with Gasteiger partial charge in [-0.1, -0.05) is 23.7 Å². The molecule has 11 nitrogen and oxygen atoms in total. The number of hydrogen-bond donors (Lipinski definition) is 1. The number of nitrogens with one attached hydrogen (secondary N) is 1. The average molecular weight is 950 g/mol. The van der Waals surface area contributed by atoms with E-state index in [1.807, 2.05) is 0 Å². The van der Waals surface area contributed by atoms with Gasteiger partial charge in [0.15, 0.2) is 18.2 Å². The normalized spacial score (nSPS) is 18.0. The van der Waals surface area contributed by atoms with Crippen LogP contribution in [0.4, 0.5) is 49.7 Å². The quantitative estimate of drug-likeness (QED) is 0.0751. The third kappa shape index (κ3) is 9.03. The lowest BCUT2D eigenvalue weighted by Crippen LogP contribution is -2.36. The number of halogens is 11. The van der Waals surface area contributed by atoms with E-state index < -0.39 is 119 Å². The van der Waals surface area contributed by atoms with Crippen LogP contribution in [0.3, 0.4) is 0 Å². The van der Waals surface area contributed by atoms with Gasteiger partial charge in [0.25, 0.3) is 5.92 Å². The average Bonchev–Trinajstić information content (AvgIpc) is 3.73. The molecule has 23 heteroatoms. The highest BCUT2D eigenvalue weighted by Gasteiger charge is 2.63. The van der Waals surface area contributed by atoms with Crippen molar-refractivity contribution in [2.75, 3.05) is 17.3 Å². The van der Waals surface area contributed by atoms with Gasteiger partial charge in [0.05, 0.1) is 33.1 Å². The number of hydrogen-bond acceptors (Lipinski definition) is 7. The molecule has 3 heterocycles. The van der Waals surface area contributed by atoms with E-state index in [-0.39, 0.29) is 62.7 Å². The Hall–Kier alpha value is -5.25. The van der Waals surface area contributed by atoms with Gasteiger partial charge in [-0.3, -0.25) is 23.9 Å². The summed E-state index contributed by atoms with van der Waals surface area (Å²) in [6.07, 6.45) is -9.40. The number of amides is 1. The Morgan fingerprint density at radius 2 is 1.64 bits per heavy atom. The molecule has 1 amide bonds. The molecule has 1 fully saturated rings. The Labute approximate surface area is 365 Å². The fourth-order valence-corrected chi connectivity index (χ4v) is 8.92. The molecule has 7 rings (SSSR count). The molecule has 3 aromatic heterocycles. The number of carbonyl (C=O) groups is 2. The van der Waals surface area contributed by atoms with Gasteiger partial charge < -0.3 is 10.1 Å². The number of alkyl halides is 8. The Balaban J connectivity index is 1.38. The minimum Gasteiger partial charge on any atom is -0.443 e. The molecule has 2 aromatic carbocycles. The molecular formula is C41H38ClF10N7O4S. The summed E-state index contributed by atoms with van der Waals surface area (Å²) in [6, 6.07) is 6.33. The summed E-state index contributed by atoms with van der Waals surface area (Å²) in [5.41, 5.74) is -4.70. The Kier molecular flexibility index (Phi) is 12.1. The lowest BCUT2D eigenvalue weighted by Gasteiger charge is -2.34. The second-order valence-corrected chi connectivity index (χ2v) is 18.4. The van der Waals surface area contributed by atoms with Crippen LogP contribution in [0.15, 0.2) is 42.5 Å². The summed E-state index contributed by atoms with van der Waals surface area (Å²) in [7, 11) is -2.09. The van der Waals surface area contributed by atoms with Crippen molar-refractivity contribution in [3.63, 3.8) is 0 Å². The van der Waals surface area contributed by atoms with Gasteiger partial charge in [-0.15, -0.1) is 0 Å². The second kappa shape index (κ2) is 16.6. The molecule has 0 spiro atoms. The van der Waals surface area contributed by atoms with Crippen molar-refractivity contribution < 1.29 is 62.4 Å². The fourth-order valence-electron chi connectivity index (χ4n) is 8.11. The zero-order chi connectivity index (χ0) is 47.0. The molecule has 1 N–H and O–H groups in total. The first-order chi connectivity index (χ1) is 29.6. The summed E-state index contributed by atoms with van der Waals surface area (Å²) in [4.78, 5) is 31.3. The smallest absolute Gasteiger partial charge is 0.435 e. The Morgan fingerprint density at radius 1 is 0.984 bits per heavy atom. The fraction of sp³-hybridized carbons (Fsp3) is 0.439. The van der Waals surface area contributed by atoms with Crippen molar-refractivity contribution in [2.45, 2.75) is 90.3 Å². The van der Waals surface area contributed by atoms with Gasteiger partial charge in [0, 0.05) is 40.6 Å². The minimum absolute atomic E-state index is 0.0184. The first-order valence-electron chi connectivity index (χ1n) is 19.5. The third-order valence-electron chi connectivity index (χ3n) is 11.0. The van der Waals surface area contributed by atoms with Crippen molar-refractivity contribution in [1.82, 2.24) is 29.9 Å². The van der Waals surface area contributed by atoms with Crippen LogP contribution in [-0.2, 0) is 56.9 Å². The largest absolute Gasteiger partial charge is 0.443 e. The highest BCUT2D eigenvalue weighted by atomic mass is 35.5. The Morgan fingerprint density at radius 3 is 2.22 bits per heavy atom. The van der Waals surface area contributed by atoms with Crippen molar-refractivity contribution in [3.05, 3.63) is 93.0 Å². The molecule has 0 saturated heterocycles. The molecule has 1 unspecified atom stereocenters. The highest BCUT2D eigenvalue weighted by Crippen LogP contribution is 2.64. The van der Waals surface area contributed by atoms with E-state index in [9.17, 15) is 48.9 Å². The van der Waals surface area contributed by atoms with E-state index in [0.29, 0.717) is 15.4 Å². The van der Waals surface area contributed by atoms with Gasteiger partial charge in [-0.25, -0.2) is 17.3 Å². The van der Waals surface area contributed by atoms with Crippen LogP contribution in [0.25, 0.3) is 22.0 Å². The lowest BCUT2D eigenvalue weighted by molar-refractivity contribution is -0.152. The topological polar surface area (TPSA) is 124 Å². The molecule has 1 saturated carbocycles. The van der Waals surface area contributed by atoms with Crippen LogP contribution in [0.1, 0.15) is 79.5 Å². The van der Waals surface area contributed by atoms with Gasteiger partial charge in [0.1, 0.15) is 41.4 Å². The van der Waals surface area contributed by atoms with Crippen molar-refractivity contribution in [2.24, 2.45) is 11.3 Å². The predicted molar refractivity (Wildman–Crippen MR) is 213 cm³/mol. The lowest BCUT2D eigenvalue weighted by atomic mass is 9.73. The summed E-state index contributed by atoms with van der Waals surface area (Å²) < 4.78 is 166. The number of pyridine rings is 1. The molecule has 0 bridgehead atoms. The number of ether oxygens (including phenoxy) is 1. The Bertz CT molecular complexity index is 2680. The zero-order valence-electron chi connectivity index (χ0n) is 34.4. The van der Waals surface area contributed by atoms with E-state index in [1.54, 1.807) is 20.8 Å². The van der Waals surface area contributed by atoms with Crippen LogP contribution in [0.5, 0.6) is 0 Å². The summed E-state index contributed by atoms with van der Waals surface area (Å²) in [5.74, 6) is -10.7. The van der Waals surface area contributed by atoms with Crippen LogP contribution in [-0.4, -0.2) is 59.8 Å². The number of nitrogens with zero attached hydrogens (tertiary/aromatic N) is 6.